The van der Waals surface area contributed by atoms with E-state index < -0.39 is 7.59 Å². The average molecular weight is 525 g/mol. The van der Waals surface area contributed by atoms with Gasteiger partial charge in [0.2, 0.25) is 19.5 Å². The minimum atomic E-state index is -2.02. The molecule has 0 spiro atoms. The van der Waals surface area contributed by atoms with Crippen LogP contribution in [0.3, 0.4) is 0 Å². The fourth-order valence-corrected chi connectivity index (χ4v) is 2.26. The van der Waals surface area contributed by atoms with E-state index in [1.54, 1.807) is 24.3 Å². The van der Waals surface area contributed by atoms with Crippen LogP contribution in [0, 0.1) is 0 Å². The Morgan fingerprint density at radius 2 is 1.36 bits per heavy atom. The van der Waals surface area contributed by atoms with Crippen LogP contribution in [0.25, 0.3) is 0 Å². The molecule has 0 saturated carbocycles. The van der Waals surface area contributed by atoms with Crippen molar-refractivity contribution >= 4 is 105 Å². The molecule has 150 valence electrons. The van der Waals surface area contributed by atoms with Gasteiger partial charge < -0.3 is 16.8 Å². The Hall–Kier alpha value is -1.00. The molecule has 0 unspecified atom stereocenters. The number of halogens is 7. The van der Waals surface area contributed by atoms with Crippen molar-refractivity contribution in [2.45, 2.75) is 7.59 Å². The number of alkyl halides is 6. The lowest BCUT2D eigenvalue weighted by atomic mass is 10.3. The van der Waals surface area contributed by atoms with Crippen LogP contribution in [0.15, 0.2) is 34.3 Å². The predicted octanol–water partition coefficient (Wildman–Crippen LogP) is 4.55. The fourth-order valence-electron chi connectivity index (χ4n) is 1.63. The lowest BCUT2D eigenvalue weighted by molar-refractivity contribution is 0.844. The maximum absolute atomic E-state index is 5.81. The molecular weight excluding hydrogens is 516 g/mol. The number of hydrogen-bond acceptors (Lipinski definition) is 4. The molecular formula is C13H9Cl7N8. The molecule has 0 aliphatic carbocycles. The minimum Gasteiger partial charge on any atom is -0.369 e. The second-order valence-electron chi connectivity index (χ2n) is 4.88. The zero-order valence-corrected chi connectivity index (χ0v) is 18.6. The van der Waals surface area contributed by atoms with Gasteiger partial charge in [-0.05, 0) is 24.3 Å². The maximum Gasteiger partial charge on any atom is 0.256 e. The molecule has 1 aromatic carbocycles. The first-order valence-corrected chi connectivity index (χ1v) is 9.60. The van der Waals surface area contributed by atoms with Gasteiger partial charge in [-0.2, -0.15) is 20.0 Å². The van der Waals surface area contributed by atoms with Crippen molar-refractivity contribution < 1.29 is 0 Å². The molecule has 2 aromatic rings. The summed E-state index contributed by atoms with van der Waals surface area (Å²) >= 11 is 40.5. The molecule has 28 heavy (non-hydrogen) atoms. The van der Waals surface area contributed by atoms with E-state index in [9.17, 15) is 0 Å². The van der Waals surface area contributed by atoms with Crippen molar-refractivity contribution in [2.75, 3.05) is 5.32 Å². The van der Waals surface area contributed by atoms with Crippen molar-refractivity contribution in [3.8, 4) is 0 Å². The van der Waals surface area contributed by atoms with Crippen molar-refractivity contribution in [1.82, 2.24) is 15.0 Å². The summed E-state index contributed by atoms with van der Waals surface area (Å²) in [5, 5.41) is 3.35. The Bertz CT molecular complexity index is 870. The van der Waals surface area contributed by atoms with Crippen molar-refractivity contribution in [3.05, 3.63) is 40.9 Å². The third-order valence-electron chi connectivity index (χ3n) is 2.70. The number of hydrogen-bond donors (Lipinski definition) is 3. The van der Waals surface area contributed by atoms with Crippen LogP contribution in [0.5, 0.6) is 0 Å². The van der Waals surface area contributed by atoms with Gasteiger partial charge in [0, 0.05) is 10.7 Å². The van der Waals surface area contributed by atoms with E-state index in [0.717, 1.165) is 0 Å². The molecule has 0 radical (unpaired) electrons. The summed E-state index contributed by atoms with van der Waals surface area (Å²) < 4.78 is -4.05. The number of guanidine groups is 2. The molecule has 5 N–H and O–H groups in total. The molecule has 0 atom stereocenters. The van der Waals surface area contributed by atoms with Crippen LogP contribution in [0.2, 0.25) is 5.02 Å². The Balaban J connectivity index is 2.32. The van der Waals surface area contributed by atoms with Crippen LogP contribution < -0.4 is 16.8 Å². The van der Waals surface area contributed by atoms with E-state index >= 15 is 0 Å². The minimum absolute atomic E-state index is 0.0687. The molecule has 0 fully saturated rings. The van der Waals surface area contributed by atoms with Crippen molar-refractivity contribution in [1.29, 1.82) is 0 Å². The Kier molecular flexibility index (Phi) is 7.66. The number of aliphatic imine (C=N–C) groups is 2. The van der Waals surface area contributed by atoms with Gasteiger partial charge in [0.1, 0.15) is 0 Å². The van der Waals surface area contributed by atoms with Gasteiger partial charge in [-0.1, -0.05) is 81.2 Å². The normalized spacial score (nSPS) is 13.5. The summed E-state index contributed by atoms with van der Waals surface area (Å²) in [6, 6.07) is 6.70. The summed E-state index contributed by atoms with van der Waals surface area (Å²) in [6.07, 6.45) is 0. The Morgan fingerprint density at radius 1 is 0.857 bits per heavy atom. The van der Waals surface area contributed by atoms with E-state index in [4.69, 9.17) is 92.7 Å². The van der Waals surface area contributed by atoms with Crippen molar-refractivity contribution in [2.24, 2.45) is 21.5 Å². The molecule has 8 nitrogen and oxygen atoms in total. The van der Waals surface area contributed by atoms with Crippen LogP contribution in [0.1, 0.15) is 11.6 Å². The highest BCUT2D eigenvalue weighted by Crippen LogP contribution is 2.40. The summed E-state index contributed by atoms with van der Waals surface area (Å²) in [5.41, 5.74) is 12.1. The summed E-state index contributed by atoms with van der Waals surface area (Å²) in [4.78, 5) is 19.2. The van der Waals surface area contributed by atoms with Gasteiger partial charge in [0.25, 0.3) is 5.95 Å². The van der Waals surface area contributed by atoms with E-state index in [1.807, 2.05) is 0 Å². The largest absolute Gasteiger partial charge is 0.369 e. The van der Waals surface area contributed by atoms with Gasteiger partial charge in [-0.25, -0.2) is 4.98 Å². The first kappa shape index (κ1) is 23.3. The topological polar surface area (TPSA) is 127 Å². The number of aromatic nitrogens is 3. The van der Waals surface area contributed by atoms with Gasteiger partial charge >= 0.3 is 0 Å². The first-order chi connectivity index (χ1) is 12.8. The number of nitrogens with two attached hydrogens (primary N) is 2. The standard InChI is InChI=1S/C13H9Cl7N8/c14-5-1-3-6(4-2-5)23-9(21)27-10(22)28-11-25-7(12(15,16)17)24-8(26-11)13(18,19)20/h1-4H,(H5,21,22,23,24,25,26,27,28). The van der Waals surface area contributed by atoms with Crippen molar-refractivity contribution in [3.63, 3.8) is 0 Å². The first-order valence-electron chi connectivity index (χ1n) is 6.96. The number of nitrogens with one attached hydrogen (secondary N) is 1. The molecule has 1 aromatic heterocycles. The lowest BCUT2D eigenvalue weighted by Crippen LogP contribution is -2.26. The van der Waals surface area contributed by atoms with E-state index in [2.05, 4.69) is 30.3 Å². The highest BCUT2D eigenvalue weighted by Gasteiger charge is 2.33. The molecule has 2 rings (SSSR count). The second-order valence-corrected chi connectivity index (χ2v) is 9.88. The van der Waals surface area contributed by atoms with E-state index in [-0.39, 0.29) is 29.5 Å². The average Bonchev–Trinajstić information content (AvgIpc) is 2.55. The molecule has 0 bridgehead atoms. The van der Waals surface area contributed by atoms with Gasteiger partial charge in [0.15, 0.2) is 11.6 Å². The molecule has 0 aliphatic rings. The highest BCUT2D eigenvalue weighted by molar-refractivity contribution is 6.67. The molecule has 0 amide bonds. The third kappa shape index (κ3) is 7.11. The van der Waals surface area contributed by atoms with Crippen LogP contribution in [0.4, 0.5) is 11.6 Å². The Morgan fingerprint density at radius 3 is 1.82 bits per heavy atom. The number of benzene rings is 1. The summed E-state index contributed by atoms with van der Waals surface area (Å²) in [6.45, 7) is 0. The number of rotatable bonds is 2. The van der Waals surface area contributed by atoms with E-state index in [1.165, 1.54) is 0 Å². The SMILES string of the molecule is NC(=N\c1nc(C(Cl)(Cl)Cl)nc(C(Cl)(Cl)Cl)n1)/N=C(\N)Nc1ccc(Cl)cc1. The second kappa shape index (κ2) is 9.21. The highest BCUT2D eigenvalue weighted by atomic mass is 35.6. The summed E-state index contributed by atoms with van der Waals surface area (Å²) in [5.74, 6) is -1.34. The zero-order chi connectivity index (χ0) is 21.1. The molecule has 0 aliphatic heterocycles. The quantitative estimate of drug-likeness (QED) is 0.300. The van der Waals surface area contributed by atoms with Gasteiger partial charge in [-0.15, -0.1) is 0 Å². The third-order valence-corrected chi connectivity index (χ3v) is 3.96. The fraction of sp³-hybridized carbons (Fsp3) is 0.154. The zero-order valence-electron chi connectivity index (χ0n) is 13.3. The van der Waals surface area contributed by atoms with Crippen LogP contribution in [-0.4, -0.2) is 26.9 Å². The van der Waals surface area contributed by atoms with Crippen LogP contribution >= 0.6 is 81.2 Å². The Labute approximate surface area is 194 Å². The molecule has 1 heterocycles. The smallest absolute Gasteiger partial charge is 0.256 e. The number of nitrogens with zero attached hydrogens (tertiary/aromatic N) is 5. The number of anilines is 1. The lowest BCUT2D eigenvalue weighted by Gasteiger charge is -2.14. The predicted molar refractivity (Wildman–Crippen MR) is 116 cm³/mol. The maximum atomic E-state index is 5.81. The van der Waals surface area contributed by atoms with Crippen LogP contribution in [-0.2, 0) is 7.59 Å². The monoisotopic (exact) mass is 522 g/mol. The van der Waals surface area contributed by atoms with Gasteiger partial charge in [0.05, 0.1) is 0 Å². The summed E-state index contributed by atoms with van der Waals surface area (Å²) in [7, 11) is 0. The van der Waals surface area contributed by atoms with Gasteiger partial charge in [-0.3, -0.25) is 0 Å². The molecule has 15 heteroatoms. The van der Waals surface area contributed by atoms with E-state index in [0.29, 0.717) is 10.7 Å². The molecule has 0 saturated heterocycles.